The van der Waals surface area contributed by atoms with Crippen LogP contribution in [0.5, 0.6) is 11.5 Å². The monoisotopic (exact) mass is 542 g/mol. The number of aliphatic hydroxyl groups is 1. The van der Waals surface area contributed by atoms with Gasteiger partial charge in [-0.3, -0.25) is 9.05 Å². The second kappa shape index (κ2) is 12.0. The summed E-state index contributed by atoms with van der Waals surface area (Å²) in [6.07, 6.45) is -3.18. The molecular weight excluding hydrogens is 510 g/mol. The Hall–Kier alpha value is -2.69. The van der Waals surface area contributed by atoms with Crippen molar-refractivity contribution in [1.82, 2.24) is 0 Å². The number of methoxy groups -OCH3 is 2. The fourth-order valence-electron chi connectivity index (χ4n) is 4.66. The number of phosphoric acid groups is 1. The van der Waals surface area contributed by atoms with Crippen molar-refractivity contribution in [3.05, 3.63) is 95.6 Å². The first-order valence-corrected chi connectivity index (χ1v) is 13.6. The van der Waals surface area contributed by atoms with E-state index in [1.807, 2.05) is 78.9 Å². The zero-order valence-corrected chi connectivity index (χ0v) is 22.6. The van der Waals surface area contributed by atoms with Gasteiger partial charge in [-0.2, -0.15) is 0 Å². The molecule has 5 atom stereocenters. The molecule has 9 nitrogen and oxygen atoms in total. The zero-order valence-electron chi connectivity index (χ0n) is 21.7. The third kappa shape index (κ3) is 5.82. The van der Waals surface area contributed by atoms with Gasteiger partial charge in [0, 0.05) is 7.11 Å². The average Bonchev–Trinajstić information content (AvgIpc) is 3.21. The van der Waals surface area contributed by atoms with Gasteiger partial charge in [0.25, 0.3) is 0 Å². The summed E-state index contributed by atoms with van der Waals surface area (Å²) in [5.74, 6) is 1.38. The Kier molecular flexibility index (Phi) is 8.95. The SMILES string of the molecule is B[C@@H]1O[C@H](COC(c2ccccc2)(c2ccc(OC)cc2)c2ccc(OC)cc2)C(OP(=O)(O)OC)[C@@H]1O. The van der Waals surface area contributed by atoms with Crippen molar-refractivity contribution in [2.24, 2.45) is 0 Å². The molecule has 0 aliphatic carbocycles. The van der Waals surface area contributed by atoms with Gasteiger partial charge in [0.05, 0.1) is 26.8 Å². The Morgan fingerprint density at radius 2 is 1.37 bits per heavy atom. The molecule has 4 rings (SSSR count). The van der Waals surface area contributed by atoms with Crippen LogP contribution in [0.15, 0.2) is 78.9 Å². The summed E-state index contributed by atoms with van der Waals surface area (Å²) in [6, 6.07) is 24.1. The molecule has 0 spiro atoms. The number of hydrogen-bond donors (Lipinski definition) is 2. The molecule has 1 fully saturated rings. The molecule has 0 radical (unpaired) electrons. The summed E-state index contributed by atoms with van der Waals surface area (Å²) in [5, 5.41) is 10.7. The van der Waals surface area contributed by atoms with E-state index in [2.05, 4.69) is 4.52 Å². The lowest BCUT2D eigenvalue weighted by atomic mass is 9.80. The van der Waals surface area contributed by atoms with E-state index in [9.17, 15) is 14.6 Å². The highest BCUT2D eigenvalue weighted by molar-refractivity contribution is 7.47. The Bertz CT molecular complexity index is 1180. The normalized spacial score (nSPS) is 23.1. The topological polar surface area (TPSA) is 113 Å². The maximum Gasteiger partial charge on any atom is 0.472 e. The molecule has 0 saturated carbocycles. The Balaban J connectivity index is 1.80. The summed E-state index contributed by atoms with van der Waals surface area (Å²) in [4.78, 5) is 9.95. The maximum absolute atomic E-state index is 12.2. The number of benzene rings is 3. The second-order valence-electron chi connectivity index (χ2n) is 8.91. The molecule has 2 unspecified atom stereocenters. The maximum atomic E-state index is 12.2. The molecule has 0 amide bonds. The fourth-order valence-corrected chi connectivity index (χ4v) is 5.32. The van der Waals surface area contributed by atoms with Gasteiger partial charge in [-0.25, -0.2) is 4.57 Å². The van der Waals surface area contributed by atoms with Crippen LogP contribution < -0.4 is 9.47 Å². The van der Waals surface area contributed by atoms with Crippen molar-refractivity contribution in [3.8, 4) is 11.5 Å². The lowest BCUT2D eigenvalue weighted by Gasteiger charge is -2.37. The Morgan fingerprint density at radius 1 is 0.868 bits per heavy atom. The first-order chi connectivity index (χ1) is 18.2. The van der Waals surface area contributed by atoms with Crippen LogP contribution in [0, 0.1) is 0 Å². The van der Waals surface area contributed by atoms with E-state index < -0.39 is 37.7 Å². The highest BCUT2D eigenvalue weighted by Gasteiger charge is 2.48. The van der Waals surface area contributed by atoms with Gasteiger partial charge in [0.1, 0.15) is 43.3 Å². The number of phosphoric ester groups is 1. The minimum absolute atomic E-state index is 0.0806. The first-order valence-electron chi connectivity index (χ1n) is 12.1. The molecular formula is C27H32BO9P. The molecule has 1 heterocycles. The molecule has 1 saturated heterocycles. The molecule has 11 heteroatoms. The Morgan fingerprint density at radius 3 is 1.84 bits per heavy atom. The van der Waals surface area contributed by atoms with Gasteiger partial charge in [-0.15, -0.1) is 0 Å². The zero-order chi connectivity index (χ0) is 27.3. The number of ether oxygens (including phenoxy) is 4. The third-order valence-electron chi connectivity index (χ3n) is 6.70. The van der Waals surface area contributed by atoms with Crippen LogP contribution >= 0.6 is 7.82 Å². The van der Waals surface area contributed by atoms with Gasteiger partial charge in [-0.05, 0) is 41.0 Å². The molecule has 3 aromatic rings. The minimum Gasteiger partial charge on any atom is -0.497 e. The van der Waals surface area contributed by atoms with Crippen LogP contribution in [0.2, 0.25) is 0 Å². The molecule has 0 bridgehead atoms. The molecule has 3 aromatic carbocycles. The summed E-state index contributed by atoms with van der Waals surface area (Å²) >= 11 is 0. The van der Waals surface area contributed by atoms with Crippen LogP contribution in [-0.4, -0.2) is 70.1 Å². The van der Waals surface area contributed by atoms with Crippen LogP contribution in [-0.2, 0) is 28.7 Å². The average molecular weight is 542 g/mol. The van der Waals surface area contributed by atoms with Crippen molar-refractivity contribution in [2.45, 2.75) is 29.9 Å². The van der Waals surface area contributed by atoms with E-state index in [4.69, 9.17) is 23.5 Å². The first kappa shape index (κ1) is 28.3. The molecule has 38 heavy (non-hydrogen) atoms. The standard InChI is InChI=1S/C27H32BO9P/c1-32-21-13-9-19(10-14-21)27(18-7-5-4-6-8-18,20-11-15-22(33-2)16-12-20)35-17-23-25(24(29)26(28)36-23)37-38(30,31)34-3/h4-16,23-26,29H,17,28H2,1-3H3,(H,30,31)/t23-,24+,25?,26-/m1/s1. The summed E-state index contributed by atoms with van der Waals surface area (Å²) in [7, 11) is 1.52. The van der Waals surface area contributed by atoms with Crippen molar-refractivity contribution in [3.63, 3.8) is 0 Å². The highest BCUT2D eigenvalue weighted by Crippen LogP contribution is 2.47. The fraction of sp³-hybridized carbons (Fsp3) is 0.333. The summed E-state index contributed by atoms with van der Waals surface area (Å²) in [6.45, 7) is -0.0806. The van der Waals surface area contributed by atoms with Gasteiger partial charge in [0.15, 0.2) is 0 Å². The predicted octanol–water partition coefficient (Wildman–Crippen LogP) is 2.86. The third-order valence-corrected chi connectivity index (χ3v) is 7.67. The number of rotatable bonds is 11. The van der Waals surface area contributed by atoms with Gasteiger partial charge in [0.2, 0.25) is 0 Å². The molecule has 1 aliphatic heterocycles. The van der Waals surface area contributed by atoms with Crippen molar-refractivity contribution >= 4 is 15.7 Å². The van der Waals surface area contributed by atoms with E-state index in [0.29, 0.717) is 11.5 Å². The largest absolute Gasteiger partial charge is 0.497 e. The van der Waals surface area contributed by atoms with E-state index in [1.165, 1.54) is 0 Å². The van der Waals surface area contributed by atoms with E-state index in [-0.39, 0.29) is 6.61 Å². The van der Waals surface area contributed by atoms with Crippen molar-refractivity contribution in [1.29, 1.82) is 0 Å². The van der Waals surface area contributed by atoms with Crippen LogP contribution in [0.3, 0.4) is 0 Å². The molecule has 0 aromatic heterocycles. The van der Waals surface area contributed by atoms with E-state index >= 15 is 0 Å². The number of aliphatic hydroxyl groups excluding tert-OH is 1. The number of hydrogen-bond acceptors (Lipinski definition) is 8. The van der Waals surface area contributed by atoms with Gasteiger partial charge < -0.3 is 28.9 Å². The van der Waals surface area contributed by atoms with Crippen LogP contribution in [0.25, 0.3) is 0 Å². The second-order valence-corrected chi connectivity index (χ2v) is 10.4. The summed E-state index contributed by atoms with van der Waals surface area (Å²) < 4.78 is 45.5. The lowest BCUT2D eigenvalue weighted by molar-refractivity contribution is -0.0744. The minimum atomic E-state index is -4.40. The van der Waals surface area contributed by atoms with E-state index in [0.717, 1.165) is 23.8 Å². The Labute approximate surface area is 223 Å². The molecule has 2 N–H and O–H groups in total. The molecule has 1 aliphatic rings. The van der Waals surface area contributed by atoms with Gasteiger partial charge in [-0.1, -0.05) is 54.6 Å². The van der Waals surface area contributed by atoms with Crippen molar-refractivity contribution < 1.29 is 42.6 Å². The smallest absolute Gasteiger partial charge is 0.472 e. The quantitative estimate of drug-likeness (QED) is 0.215. The van der Waals surface area contributed by atoms with Crippen LogP contribution in [0.1, 0.15) is 16.7 Å². The van der Waals surface area contributed by atoms with Crippen LogP contribution in [0.4, 0.5) is 0 Å². The van der Waals surface area contributed by atoms with Gasteiger partial charge >= 0.3 is 7.82 Å². The predicted molar refractivity (Wildman–Crippen MR) is 143 cm³/mol. The van der Waals surface area contributed by atoms with E-state index in [1.54, 1.807) is 22.1 Å². The lowest BCUT2D eigenvalue weighted by Crippen LogP contribution is -2.40. The summed E-state index contributed by atoms with van der Waals surface area (Å²) in [5.41, 5.74) is 1.32. The highest BCUT2D eigenvalue weighted by atomic mass is 31.2. The molecule has 202 valence electrons. The van der Waals surface area contributed by atoms with Crippen molar-refractivity contribution in [2.75, 3.05) is 27.9 Å².